The Kier molecular flexibility index (Phi) is 2.99. The molecule has 0 atom stereocenters. The number of esters is 1. The van der Waals surface area contributed by atoms with E-state index in [0.717, 1.165) is 0 Å². The molecule has 0 aliphatic heterocycles. The van der Waals surface area contributed by atoms with Crippen LogP contribution < -0.4 is 0 Å². The maximum absolute atomic E-state index is 11.6. The Hall–Kier alpha value is -1.09. The van der Waals surface area contributed by atoms with Crippen LogP contribution in [-0.4, -0.2) is 24.4 Å². The molecule has 0 aromatic rings. The van der Waals surface area contributed by atoms with Crippen LogP contribution in [0.15, 0.2) is 0 Å². The van der Waals surface area contributed by atoms with Crippen LogP contribution >= 0.6 is 0 Å². The number of halogens is 8. The minimum absolute atomic E-state index is 1.94. The van der Waals surface area contributed by atoms with Crippen molar-refractivity contribution in [2.75, 3.05) is 0 Å². The fourth-order valence-electron chi connectivity index (χ4n) is 0.232. The molecule has 10 heteroatoms. The molecule has 0 unspecified atom stereocenters. The third-order valence-corrected chi connectivity index (χ3v) is 0.782. The third-order valence-electron chi connectivity index (χ3n) is 0.782. The first-order valence-corrected chi connectivity index (χ1v) is 2.62. The summed E-state index contributed by atoms with van der Waals surface area (Å²) in [4.78, 5) is 9.60. The van der Waals surface area contributed by atoms with Gasteiger partial charge in [0.05, 0.1) is 0 Å². The topological polar surface area (TPSA) is 26.3 Å². The maximum Gasteiger partial charge on any atom is 0.501 e. The Bertz CT molecular complexity index is 224. The number of ether oxygens (including phenoxy) is 1. The second kappa shape index (κ2) is 3.24. The Labute approximate surface area is 70.4 Å². The zero-order chi connectivity index (χ0) is 11.8. The summed E-state index contributed by atoms with van der Waals surface area (Å²) in [5.41, 5.74) is 0. The molecule has 0 aliphatic rings. The van der Waals surface area contributed by atoms with Crippen molar-refractivity contribution >= 4 is 5.97 Å². The lowest BCUT2D eigenvalue weighted by Gasteiger charge is -2.19. The second-order valence-corrected chi connectivity index (χ2v) is 1.90. The summed E-state index contributed by atoms with van der Waals surface area (Å²) in [6.07, 6.45) is -18.4. The van der Waals surface area contributed by atoms with Crippen molar-refractivity contribution in [3.63, 3.8) is 0 Å². The van der Waals surface area contributed by atoms with Crippen molar-refractivity contribution < 1.29 is 44.7 Å². The van der Waals surface area contributed by atoms with E-state index < -0.39 is 24.4 Å². The predicted molar refractivity (Wildman–Crippen MR) is 23.1 cm³/mol. The number of alkyl halides is 8. The zero-order valence-corrected chi connectivity index (χ0v) is 5.84. The van der Waals surface area contributed by atoms with Crippen LogP contribution in [0.1, 0.15) is 0 Å². The fourth-order valence-corrected chi connectivity index (χ4v) is 0.232. The van der Waals surface area contributed by atoms with Crippen molar-refractivity contribution in [1.29, 1.82) is 0 Å². The highest BCUT2D eigenvalue weighted by molar-refractivity contribution is 5.75. The highest BCUT2D eigenvalue weighted by Gasteiger charge is 2.64. The quantitative estimate of drug-likeness (QED) is 0.512. The van der Waals surface area contributed by atoms with Gasteiger partial charge in [-0.2, -0.15) is 35.1 Å². The van der Waals surface area contributed by atoms with Gasteiger partial charge in [-0.1, -0.05) is 0 Å². The zero-order valence-electron chi connectivity index (χ0n) is 5.84. The average molecular weight is 232 g/mol. The van der Waals surface area contributed by atoms with Gasteiger partial charge < -0.3 is 4.74 Å². The van der Waals surface area contributed by atoms with E-state index in [1.807, 2.05) is 4.74 Å². The molecule has 0 amide bonds. The molecule has 0 N–H and O–H groups in total. The molecule has 0 rings (SSSR count). The lowest BCUT2D eigenvalue weighted by molar-refractivity contribution is -0.382. The summed E-state index contributed by atoms with van der Waals surface area (Å²) in [7, 11) is 0. The fraction of sp³-hybridized carbons (Fsp3) is 0.750. The molecule has 0 heterocycles. The van der Waals surface area contributed by atoms with E-state index >= 15 is 0 Å². The van der Waals surface area contributed by atoms with Gasteiger partial charge in [0.2, 0.25) is 0 Å². The van der Waals surface area contributed by atoms with Crippen molar-refractivity contribution in [2.45, 2.75) is 18.5 Å². The lowest BCUT2D eigenvalue weighted by atomic mass is 10.6. The molecule has 0 aromatic carbocycles. The van der Waals surface area contributed by atoms with Gasteiger partial charge in [0.15, 0.2) is 0 Å². The summed E-state index contributed by atoms with van der Waals surface area (Å²) in [5.74, 6) is -3.61. The molecule has 0 spiro atoms. The van der Waals surface area contributed by atoms with Gasteiger partial charge in [-0.05, 0) is 0 Å². The number of rotatable bonds is 1. The SMILES string of the molecule is O=C(OC(F)(F)C(F)(F)F)C(F)(F)F. The monoisotopic (exact) mass is 232 g/mol. The van der Waals surface area contributed by atoms with Crippen molar-refractivity contribution in [3.8, 4) is 0 Å². The van der Waals surface area contributed by atoms with Crippen LogP contribution in [0, 0.1) is 0 Å². The summed E-state index contributed by atoms with van der Waals surface area (Å²) in [6.45, 7) is 0. The number of hydrogen-bond donors (Lipinski definition) is 0. The van der Waals surface area contributed by atoms with E-state index in [1.165, 1.54) is 0 Å². The Balaban J connectivity index is 4.62. The molecule has 14 heavy (non-hydrogen) atoms. The minimum Gasteiger partial charge on any atom is -0.387 e. The van der Waals surface area contributed by atoms with Crippen LogP contribution in [0.3, 0.4) is 0 Å². The van der Waals surface area contributed by atoms with E-state index in [-0.39, 0.29) is 0 Å². The van der Waals surface area contributed by atoms with Crippen molar-refractivity contribution in [1.82, 2.24) is 0 Å². The highest BCUT2D eigenvalue weighted by Crippen LogP contribution is 2.37. The largest absolute Gasteiger partial charge is 0.501 e. The summed E-state index contributed by atoms with van der Waals surface area (Å²) < 4.78 is 92.4. The molecule has 2 nitrogen and oxygen atoms in total. The molecule has 0 saturated heterocycles. The van der Waals surface area contributed by atoms with Crippen molar-refractivity contribution in [2.24, 2.45) is 0 Å². The van der Waals surface area contributed by atoms with Gasteiger partial charge in [0.25, 0.3) is 0 Å². The average Bonchev–Trinajstić information content (AvgIpc) is 1.80. The number of hydrogen-bond acceptors (Lipinski definition) is 2. The van der Waals surface area contributed by atoms with Gasteiger partial charge >= 0.3 is 24.4 Å². The van der Waals surface area contributed by atoms with E-state index in [1.54, 1.807) is 0 Å². The first-order chi connectivity index (χ1) is 5.88. The normalized spacial score (nSPS) is 14.0. The Morgan fingerprint density at radius 2 is 1.21 bits per heavy atom. The van der Waals surface area contributed by atoms with E-state index in [4.69, 9.17) is 0 Å². The van der Waals surface area contributed by atoms with Gasteiger partial charge in [-0.25, -0.2) is 4.79 Å². The Morgan fingerprint density at radius 1 is 0.857 bits per heavy atom. The molecule has 0 aliphatic carbocycles. The van der Waals surface area contributed by atoms with E-state index in [9.17, 15) is 39.9 Å². The molecule has 84 valence electrons. The smallest absolute Gasteiger partial charge is 0.387 e. The van der Waals surface area contributed by atoms with Crippen LogP contribution in [0.5, 0.6) is 0 Å². The molecule has 0 radical (unpaired) electrons. The molecular formula is C4F8O2. The predicted octanol–water partition coefficient (Wildman–Crippen LogP) is 2.25. The first kappa shape index (κ1) is 12.9. The van der Waals surface area contributed by atoms with Gasteiger partial charge in [-0.3, -0.25) is 0 Å². The van der Waals surface area contributed by atoms with Gasteiger partial charge in [-0.15, -0.1) is 0 Å². The highest BCUT2D eigenvalue weighted by atomic mass is 19.4. The number of carbonyl (C=O) groups is 1. The van der Waals surface area contributed by atoms with Crippen molar-refractivity contribution in [3.05, 3.63) is 0 Å². The third kappa shape index (κ3) is 3.00. The molecule has 0 bridgehead atoms. The maximum atomic E-state index is 11.6. The van der Waals surface area contributed by atoms with Gasteiger partial charge in [0, 0.05) is 0 Å². The van der Waals surface area contributed by atoms with Crippen LogP contribution in [0.25, 0.3) is 0 Å². The standard InChI is InChI=1S/C4F8O2/c5-2(6,7)1(13)14-4(11,12)3(8,9)10. The molecule has 0 saturated carbocycles. The first-order valence-electron chi connectivity index (χ1n) is 2.62. The molecule has 0 fully saturated rings. The molecule has 0 aromatic heterocycles. The van der Waals surface area contributed by atoms with E-state index in [0.29, 0.717) is 0 Å². The second-order valence-electron chi connectivity index (χ2n) is 1.90. The summed E-state index contributed by atoms with van der Waals surface area (Å²) in [5, 5.41) is 0. The van der Waals surface area contributed by atoms with E-state index in [2.05, 4.69) is 0 Å². The summed E-state index contributed by atoms with van der Waals surface area (Å²) in [6, 6.07) is 0. The van der Waals surface area contributed by atoms with Crippen LogP contribution in [0.2, 0.25) is 0 Å². The van der Waals surface area contributed by atoms with Crippen LogP contribution in [-0.2, 0) is 9.53 Å². The van der Waals surface area contributed by atoms with Gasteiger partial charge in [0.1, 0.15) is 0 Å². The minimum atomic E-state index is -6.38. The summed E-state index contributed by atoms with van der Waals surface area (Å²) >= 11 is 0. The Morgan fingerprint density at radius 3 is 1.43 bits per heavy atom. The molecular weight excluding hydrogens is 232 g/mol. The van der Waals surface area contributed by atoms with Crippen LogP contribution in [0.4, 0.5) is 35.1 Å². The number of carbonyl (C=O) groups excluding carboxylic acids is 1. The lowest BCUT2D eigenvalue weighted by Crippen LogP contribution is -2.44.